The van der Waals surface area contributed by atoms with E-state index in [0.717, 1.165) is 5.88 Å². The number of hydrogen-bond acceptors (Lipinski definition) is 2. The Morgan fingerprint density at radius 2 is 2.00 bits per heavy atom. The number of nitrogens with zero attached hydrogens (tertiary/aromatic N) is 1. The third-order valence-corrected chi connectivity index (χ3v) is 2.95. The third kappa shape index (κ3) is 2.44. The maximum absolute atomic E-state index is 4.29. The highest BCUT2D eigenvalue weighted by Gasteiger charge is 2.06. The van der Waals surface area contributed by atoms with Crippen LogP contribution in [0.5, 0.6) is 0 Å². The van der Waals surface area contributed by atoms with Crippen LogP contribution in [0.1, 0.15) is 30.9 Å². The van der Waals surface area contributed by atoms with Crippen molar-refractivity contribution in [1.29, 1.82) is 0 Å². The first-order valence-corrected chi connectivity index (χ1v) is 5.62. The van der Waals surface area contributed by atoms with E-state index in [4.69, 9.17) is 0 Å². The number of aryl methyl sites for hydroxylation is 1. The standard InChI is InChI=1S/C12H19NS/c1-9(2)11-6-5-10(3)12(7-11)13(4)8-14/h5-7,9,14H,8H2,1-4H3. The second-order valence-corrected chi connectivity index (χ2v) is 4.32. The summed E-state index contributed by atoms with van der Waals surface area (Å²) in [5.74, 6) is 1.34. The number of anilines is 1. The molecule has 0 saturated heterocycles. The average Bonchev–Trinajstić information content (AvgIpc) is 2.17. The molecule has 0 aromatic heterocycles. The normalized spacial score (nSPS) is 10.7. The van der Waals surface area contributed by atoms with Crippen LogP contribution in [0, 0.1) is 6.92 Å². The molecule has 78 valence electrons. The zero-order valence-electron chi connectivity index (χ0n) is 9.41. The molecule has 1 rings (SSSR count). The molecule has 0 atom stereocenters. The largest absolute Gasteiger partial charge is 0.365 e. The lowest BCUT2D eigenvalue weighted by atomic mass is 10.0. The first-order chi connectivity index (χ1) is 6.56. The van der Waals surface area contributed by atoms with Crippen LogP contribution < -0.4 is 4.90 Å². The Bertz CT molecular complexity index is 307. The molecule has 1 aromatic carbocycles. The van der Waals surface area contributed by atoms with Crippen LogP contribution in [-0.4, -0.2) is 12.9 Å². The number of benzene rings is 1. The van der Waals surface area contributed by atoms with Crippen LogP contribution in [0.3, 0.4) is 0 Å². The van der Waals surface area contributed by atoms with Crippen LogP contribution in [-0.2, 0) is 0 Å². The van der Waals surface area contributed by atoms with Crippen molar-refractivity contribution >= 4 is 18.3 Å². The minimum atomic E-state index is 0.586. The minimum Gasteiger partial charge on any atom is -0.365 e. The van der Waals surface area contributed by atoms with Crippen LogP contribution >= 0.6 is 12.6 Å². The van der Waals surface area contributed by atoms with Crippen LogP contribution in [0.4, 0.5) is 5.69 Å². The van der Waals surface area contributed by atoms with Gasteiger partial charge in [-0.3, -0.25) is 0 Å². The van der Waals surface area contributed by atoms with E-state index in [1.807, 2.05) is 0 Å². The Balaban J connectivity index is 3.08. The Labute approximate surface area is 92.5 Å². The molecule has 0 bridgehead atoms. The highest BCUT2D eigenvalue weighted by atomic mass is 32.1. The Morgan fingerprint density at radius 1 is 1.36 bits per heavy atom. The summed E-state index contributed by atoms with van der Waals surface area (Å²) in [6.45, 7) is 6.57. The molecule has 0 unspecified atom stereocenters. The molecule has 2 heteroatoms. The molecule has 0 aliphatic rings. The zero-order chi connectivity index (χ0) is 10.7. The van der Waals surface area contributed by atoms with E-state index < -0.39 is 0 Å². The highest BCUT2D eigenvalue weighted by molar-refractivity contribution is 7.80. The van der Waals surface area contributed by atoms with Gasteiger partial charge >= 0.3 is 0 Å². The summed E-state index contributed by atoms with van der Waals surface area (Å²) in [4.78, 5) is 2.16. The lowest BCUT2D eigenvalue weighted by Gasteiger charge is -2.20. The fourth-order valence-corrected chi connectivity index (χ4v) is 1.63. The topological polar surface area (TPSA) is 3.24 Å². The van der Waals surface area contributed by atoms with Crippen molar-refractivity contribution in [3.8, 4) is 0 Å². The van der Waals surface area contributed by atoms with Crippen molar-refractivity contribution < 1.29 is 0 Å². The minimum absolute atomic E-state index is 0.586. The summed E-state index contributed by atoms with van der Waals surface area (Å²) in [6.07, 6.45) is 0. The van der Waals surface area contributed by atoms with Crippen molar-refractivity contribution in [1.82, 2.24) is 0 Å². The molecule has 0 aliphatic carbocycles. The number of hydrogen-bond donors (Lipinski definition) is 1. The third-order valence-electron chi connectivity index (χ3n) is 2.52. The van der Waals surface area contributed by atoms with E-state index in [9.17, 15) is 0 Å². The maximum atomic E-state index is 4.29. The van der Waals surface area contributed by atoms with Gasteiger partial charge in [0.25, 0.3) is 0 Å². The van der Waals surface area contributed by atoms with Gasteiger partial charge in [-0.1, -0.05) is 26.0 Å². The summed E-state index contributed by atoms with van der Waals surface area (Å²) in [5, 5.41) is 0. The van der Waals surface area contributed by atoms with Crippen LogP contribution in [0.2, 0.25) is 0 Å². The molecule has 14 heavy (non-hydrogen) atoms. The van der Waals surface area contributed by atoms with E-state index in [1.165, 1.54) is 16.8 Å². The van der Waals surface area contributed by atoms with Crippen molar-refractivity contribution in [2.24, 2.45) is 0 Å². The predicted molar refractivity (Wildman–Crippen MR) is 67.5 cm³/mol. The van der Waals surface area contributed by atoms with Crippen molar-refractivity contribution in [3.05, 3.63) is 29.3 Å². The predicted octanol–water partition coefficient (Wildman–Crippen LogP) is 3.44. The second kappa shape index (κ2) is 4.74. The monoisotopic (exact) mass is 209 g/mol. The van der Waals surface area contributed by atoms with Gasteiger partial charge in [0.2, 0.25) is 0 Å². The van der Waals surface area contributed by atoms with Gasteiger partial charge in [-0.05, 0) is 30.0 Å². The second-order valence-electron chi connectivity index (χ2n) is 4.04. The molecule has 1 aromatic rings. The lowest BCUT2D eigenvalue weighted by molar-refractivity contribution is 0.864. The first kappa shape index (κ1) is 11.4. The van der Waals surface area contributed by atoms with Crippen molar-refractivity contribution in [2.75, 3.05) is 17.8 Å². The molecule has 0 spiro atoms. The molecule has 0 radical (unpaired) electrons. The fraction of sp³-hybridized carbons (Fsp3) is 0.500. The van der Waals surface area contributed by atoms with Gasteiger partial charge in [0.1, 0.15) is 0 Å². The van der Waals surface area contributed by atoms with E-state index in [-0.39, 0.29) is 0 Å². The van der Waals surface area contributed by atoms with E-state index >= 15 is 0 Å². The molecular weight excluding hydrogens is 190 g/mol. The van der Waals surface area contributed by atoms with Crippen LogP contribution in [0.15, 0.2) is 18.2 Å². The van der Waals surface area contributed by atoms with E-state index in [2.05, 4.69) is 63.5 Å². The lowest BCUT2D eigenvalue weighted by Crippen LogP contribution is -2.15. The van der Waals surface area contributed by atoms with Gasteiger partial charge in [-0.15, -0.1) is 0 Å². The Morgan fingerprint density at radius 3 is 2.50 bits per heavy atom. The van der Waals surface area contributed by atoms with Gasteiger partial charge in [-0.2, -0.15) is 12.6 Å². The molecular formula is C12H19NS. The molecule has 0 amide bonds. The van der Waals surface area contributed by atoms with Crippen molar-refractivity contribution in [2.45, 2.75) is 26.7 Å². The molecule has 0 aliphatic heterocycles. The van der Waals surface area contributed by atoms with Gasteiger partial charge in [0.15, 0.2) is 0 Å². The van der Waals surface area contributed by atoms with E-state index in [0.29, 0.717) is 5.92 Å². The molecule has 1 nitrogen and oxygen atoms in total. The zero-order valence-corrected chi connectivity index (χ0v) is 10.3. The summed E-state index contributed by atoms with van der Waals surface area (Å²) in [5.41, 5.74) is 3.98. The number of thiol groups is 1. The SMILES string of the molecule is Cc1ccc(C(C)C)cc1N(C)CS. The van der Waals surface area contributed by atoms with Gasteiger partial charge in [0.05, 0.1) is 5.88 Å². The summed E-state index contributed by atoms with van der Waals surface area (Å²) in [7, 11) is 2.07. The average molecular weight is 209 g/mol. The summed E-state index contributed by atoms with van der Waals surface area (Å²) < 4.78 is 0. The Hall–Kier alpha value is -0.630. The van der Waals surface area contributed by atoms with Gasteiger partial charge in [-0.25, -0.2) is 0 Å². The molecule has 0 heterocycles. The smallest absolute Gasteiger partial charge is 0.0607 e. The first-order valence-electron chi connectivity index (χ1n) is 4.98. The maximum Gasteiger partial charge on any atom is 0.0607 e. The summed E-state index contributed by atoms with van der Waals surface area (Å²) >= 11 is 4.29. The quantitative estimate of drug-likeness (QED) is 0.589. The van der Waals surface area contributed by atoms with Crippen molar-refractivity contribution in [3.63, 3.8) is 0 Å². The molecule has 0 fully saturated rings. The van der Waals surface area contributed by atoms with Gasteiger partial charge < -0.3 is 4.90 Å². The fourth-order valence-electron chi connectivity index (χ4n) is 1.47. The highest BCUT2D eigenvalue weighted by Crippen LogP contribution is 2.24. The van der Waals surface area contributed by atoms with Crippen LogP contribution in [0.25, 0.3) is 0 Å². The van der Waals surface area contributed by atoms with Gasteiger partial charge in [0, 0.05) is 12.7 Å². The molecule has 0 saturated carbocycles. The summed E-state index contributed by atoms with van der Waals surface area (Å²) in [6, 6.07) is 6.65. The number of rotatable bonds is 3. The van der Waals surface area contributed by atoms with E-state index in [1.54, 1.807) is 0 Å². The molecule has 0 N–H and O–H groups in total. The Kier molecular flexibility index (Phi) is 3.87.